The van der Waals surface area contributed by atoms with Crippen LogP contribution in [0.15, 0.2) is 36.1 Å². The number of thioether (sulfide) groups is 1. The minimum absolute atomic E-state index is 0.110. The van der Waals surface area contributed by atoms with Gasteiger partial charge in [0.1, 0.15) is 0 Å². The summed E-state index contributed by atoms with van der Waals surface area (Å²) in [7, 11) is 0. The van der Waals surface area contributed by atoms with Crippen LogP contribution in [0.1, 0.15) is 17.2 Å². The maximum absolute atomic E-state index is 11.3. The lowest BCUT2D eigenvalue weighted by Crippen LogP contribution is -2.14. The lowest BCUT2D eigenvalue weighted by Gasteiger charge is -2.26. The van der Waals surface area contributed by atoms with Crippen LogP contribution in [-0.2, 0) is 0 Å². The molecule has 1 aliphatic rings. The molecule has 4 heteroatoms. The predicted molar refractivity (Wildman–Crippen MR) is 67.1 cm³/mol. The van der Waals surface area contributed by atoms with Crippen molar-refractivity contribution in [1.82, 2.24) is 0 Å². The van der Waals surface area contributed by atoms with Crippen molar-refractivity contribution < 1.29 is 5.11 Å². The zero-order valence-electron chi connectivity index (χ0n) is 7.77. The molecule has 0 spiro atoms. The highest BCUT2D eigenvalue weighted by Gasteiger charge is 2.16. The summed E-state index contributed by atoms with van der Waals surface area (Å²) in [4.78, 5) is 0. The summed E-state index contributed by atoms with van der Waals surface area (Å²) in [5.41, 5.74) is 1.10. The van der Waals surface area contributed by atoms with Crippen LogP contribution < -0.4 is 5.11 Å². The number of hydrogen-bond acceptors (Lipinski definition) is 3. The molecule has 2 rings (SSSR count). The first-order chi connectivity index (χ1) is 7.15. The molecular formula is C11H8ClOS2-. The largest absolute Gasteiger partial charge is 0.875 e. The number of rotatable bonds is 1. The van der Waals surface area contributed by atoms with Gasteiger partial charge in [0.25, 0.3) is 0 Å². The lowest BCUT2D eigenvalue weighted by atomic mass is 10.1. The standard InChI is InChI=1S/C11H9ClOS2/c12-8-3-1-7(2-4-8)10-5-9(13)6-11(14)15-10/h1-4,6,10,13H,5H2/p-1. The molecule has 0 aromatic heterocycles. The van der Waals surface area contributed by atoms with E-state index >= 15 is 0 Å². The van der Waals surface area contributed by atoms with Crippen molar-refractivity contribution in [1.29, 1.82) is 0 Å². The van der Waals surface area contributed by atoms with Gasteiger partial charge in [-0.1, -0.05) is 36.0 Å². The topological polar surface area (TPSA) is 23.1 Å². The van der Waals surface area contributed by atoms with Crippen LogP contribution in [0, 0.1) is 0 Å². The molecule has 1 aromatic rings. The van der Waals surface area contributed by atoms with Gasteiger partial charge in [-0.3, -0.25) is 0 Å². The zero-order valence-corrected chi connectivity index (χ0v) is 10.2. The Labute approximate surface area is 103 Å². The van der Waals surface area contributed by atoms with Crippen molar-refractivity contribution in [3.05, 3.63) is 46.7 Å². The minimum atomic E-state index is 0.110. The average Bonchev–Trinajstić information content (AvgIpc) is 2.17. The second-order valence-electron chi connectivity index (χ2n) is 3.29. The number of allylic oxidation sites excluding steroid dienone is 1. The molecule has 0 fully saturated rings. The van der Waals surface area contributed by atoms with Gasteiger partial charge in [-0.2, -0.15) is 0 Å². The van der Waals surface area contributed by atoms with Gasteiger partial charge in [0, 0.05) is 10.3 Å². The van der Waals surface area contributed by atoms with E-state index in [4.69, 9.17) is 23.8 Å². The summed E-state index contributed by atoms with van der Waals surface area (Å²) < 4.78 is 0.672. The van der Waals surface area contributed by atoms with Gasteiger partial charge in [0.05, 0.1) is 4.20 Å². The molecule has 0 radical (unpaired) electrons. The molecule has 0 bridgehead atoms. The van der Waals surface area contributed by atoms with Gasteiger partial charge in [0.15, 0.2) is 0 Å². The molecular weight excluding hydrogens is 248 g/mol. The van der Waals surface area contributed by atoms with E-state index < -0.39 is 0 Å². The van der Waals surface area contributed by atoms with E-state index in [1.54, 1.807) is 11.8 Å². The molecule has 0 aliphatic carbocycles. The Morgan fingerprint density at radius 1 is 1.33 bits per heavy atom. The third kappa shape index (κ3) is 2.74. The van der Waals surface area contributed by atoms with Crippen LogP contribution in [0.4, 0.5) is 0 Å². The van der Waals surface area contributed by atoms with Gasteiger partial charge in [-0.05, 0) is 30.2 Å². The first-order valence-corrected chi connectivity index (χ1v) is 6.15. The fourth-order valence-corrected chi connectivity index (χ4v) is 3.08. The van der Waals surface area contributed by atoms with Gasteiger partial charge in [0.2, 0.25) is 0 Å². The van der Waals surface area contributed by atoms with E-state index in [1.807, 2.05) is 24.3 Å². The van der Waals surface area contributed by atoms with Crippen molar-refractivity contribution in [3.8, 4) is 0 Å². The van der Waals surface area contributed by atoms with Gasteiger partial charge in [-0.25, -0.2) is 0 Å². The Bertz CT molecular complexity index is 411. The number of halogens is 1. The zero-order chi connectivity index (χ0) is 10.8. The summed E-state index contributed by atoms with van der Waals surface area (Å²) in [6, 6.07) is 7.56. The molecule has 0 N–H and O–H groups in total. The highest BCUT2D eigenvalue weighted by molar-refractivity contribution is 8.23. The maximum Gasteiger partial charge on any atom is 0.0702 e. The summed E-state index contributed by atoms with van der Waals surface area (Å²) in [6.45, 7) is 0. The molecule has 1 atom stereocenters. The Morgan fingerprint density at radius 3 is 2.60 bits per heavy atom. The fraction of sp³-hybridized carbons (Fsp3) is 0.182. The van der Waals surface area contributed by atoms with Crippen LogP contribution in [-0.4, -0.2) is 4.20 Å². The number of hydrogen-bond donors (Lipinski definition) is 0. The first-order valence-electron chi connectivity index (χ1n) is 4.49. The van der Waals surface area contributed by atoms with E-state index in [0.717, 1.165) is 5.56 Å². The van der Waals surface area contributed by atoms with Gasteiger partial charge in [-0.15, -0.1) is 17.5 Å². The smallest absolute Gasteiger partial charge is 0.0702 e. The molecule has 0 saturated carbocycles. The monoisotopic (exact) mass is 255 g/mol. The van der Waals surface area contributed by atoms with Crippen molar-refractivity contribution in [2.75, 3.05) is 0 Å². The van der Waals surface area contributed by atoms with Crippen LogP contribution in [0.5, 0.6) is 0 Å². The molecule has 1 nitrogen and oxygen atoms in total. The van der Waals surface area contributed by atoms with Crippen molar-refractivity contribution in [3.63, 3.8) is 0 Å². The molecule has 0 saturated heterocycles. The normalized spacial score (nSPS) is 21.3. The van der Waals surface area contributed by atoms with E-state index in [0.29, 0.717) is 15.6 Å². The Morgan fingerprint density at radius 2 is 2.00 bits per heavy atom. The Hall–Kier alpha value is -0.510. The third-order valence-corrected chi connectivity index (χ3v) is 3.90. The minimum Gasteiger partial charge on any atom is -0.875 e. The third-order valence-electron chi connectivity index (χ3n) is 2.17. The van der Waals surface area contributed by atoms with E-state index in [2.05, 4.69) is 0 Å². The summed E-state index contributed by atoms with van der Waals surface area (Å²) in [6.07, 6.45) is 2.05. The molecule has 1 aromatic carbocycles. The van der Waals surface area contributed by atoms with Crippen molar-refractivity contribution in [2.45, 2.75) is 11.7 Å². The molecule has 1 aliphatic heterocycles. The van der Waals surface area contributed by atoms with Crippen LogP contribution in [0.25, 0.3) is 0 Å². The van der Waals surface area contributed by atoms with E-state index in [9.17, 15) is 5.11 Å². The molecule has 1 heterocycles. The number of benzene rings is 1. The summed E-state index contributed by atoms with van der Waals surface area (Å²) in [5, 5.41) is 12.2. The second kappa shape index (κ2) is 4.56. The van der Waals surface area contributed by atoms with Crippen LogP contribution in [0.3, 0.4) is 0 Å². The number of thiocarbonyl (C=S) groups is 1. The van der Waals surface area contributed by atoms with Crippen molar-refractivity contribution in [2.24, 2.45) is 0 Å². The summed E-state index contributed by atoms with van der Waals surface area (Å²) >= 11 is 12.4. The van der Waals surface area contributed by atoms with Crippen LogP contribution in [0.2, 0.25) is 5.02 Å². The summed E-state index contributed by atoms with van der Waals surface area (Å²) in [5.74, 6) is 0.110. The van der Waals surface area contributed by atoms with Crippen molar-refractivity contribution >= 4 is 39.8 Å². The SMILES string of the molecule is [O-]C1=CC(=S)SC(c2ccc(Cl)cc2)C1. The Balaban J connectivity index is 2.22. The van der Waals surface area contributed by atoms with E-state index in [-0.39, 0.29) is 11.0 Å². The lowest BCUT2D eigenvalue weighted by molar-refractivity contribution is -0.306. The predicted octanol–water partition coefficient (Wildman–Crippen LogP) is 3.09. The average molecular weight is 256 g/mol. The molecule has 78 valence electrons. The molecule has 1 unspecified atom stereocenters. The highest BCUT2D eigenvalue weighted by atomic mass is 35.5. The highest BCUT2D eigenvalue weighted by Crippen LogP contribution is 2.38. The van der Waals surface area contributed by atoms with Gasteiger partial charge < -0.3 is 5.11 Å². The Kier molecular flexibility index (Phi) is 3.34. The fourth-order valence-electron chi connectivity index (χ4n) is 1.45. The van der Waals surface area contributed by atoms with Gasteiger partial charge >= 0.3 is 0 Å². The molecule has 0 amide bonds. The van der Waals surface area contributed by atoms with Crippen LogP contribution >= 0.6 is 35.6 Å². The maximum atomic E-state index is 11.3. The molecule has 15 heavy (non-hydrogen) atoms. The second-order valence-corrected chi connectivity index (χ2v) is 5.67. The van der Waals surface area contributed by atoms with E-state index in [1.165, 1.54) is 6.08 Å². The first kappa shape index (κ1) is 11.0. The quantitative estimate of drug-likeness (QED) is 0.721.